The second-order valence-corrected chi connectivity index (χ2v) is 7.10. The zero-order chi connectivity index (χ0) is 19.4. The van der Waals surface area contributed by atoms with Gasteiger partial charge in [-0.2, -0.15) is 4.98 Å². The zero-order valence-corrected chi connectivity index (χ0v) is 15.6. The normalized spacial score (nSPS) is 11.1. The summed E-state index contributed by atoms with van der Waals surface area (Å²) in [5.41, 5.74) is -0.0513. The number of aryl methyl sites for hydroxylation is 1. The van der Waals surface area contributed by atoms with Crippen LogP contribution in [0, 0.1) is 11.6 Å². The molecule has 1 amide bonds. The minimum atomic E-state index is -0.696. The smallest absolute Gasteiger partial charge is 0.226 e. The molecule has 2 heterocycles. The zero-order valence-electron chi connectivity index (χ0n) is 14.8. The van der Waals surface area contributed by atoms with E-state index in [9.17, 15) is 13.6 Å². The molecule has 0 spiro atoms. The highest BCUT2D eigenvalue weighted by Gasteiger charge is 2.15. The maximum atomic E-state index is 13.8. The van der Waals surface area contributed by atoms with Gasteiger partial charge in [0.05, 0.1) is 11.3 Å². The summed E-state index contributed by atoms with van der Waals surface area (Å²) in [5.74, 6) is -0.308. The van der Waals surface area contributed by atoms with Gasteiger partial charge in [0.15, 0.2) is 11.0 Å². The Kier molecular flexibility index (Phi) is 5.90. The SMILES string of the molecule is CC(C)c1noc(CCCC(=O)Nc2nc(-c3c(F)cccc3F)cs2)n1. The first-order valence-electron chi connectivity index (χ1n) is 8.46. The lowest BCUT2D eigenvalue weighted by atomic mass is 10.1. The Labute approximate surface area is 158 Å². The fourth-order valence-electron chi connectivity index (χ4n) is 2.37. The number of amides is 1. The number of carbonyl (C=O) groups excluding carboxylic acids is 1. The third kappa shape index (κ3) is 4.73. The van der Waals surface area contributed by atoms with Gasteiger partial charge in [-0.15, -0.1) is 11.3 Å². The molecule has 9 heteroatoms. The molecule has 142 valence electrons. The molecular weight excluding hydrogens is 374 g/mol. The number of thiazole rings is 1. The van der Waals surface area contributed by atoms with E-state index in [1.165, 1.54) is 11.4 Å². The molecule has 2 aromatic heterocycles. The summed E-state index contributed by atoms with van der Waals surface area (Å²) in [6, 6.07) is 3.62. The van der Waals surface area contributed by atoms with Crippen LogP contribution in [-0.2, 0) is 11.2 Å². The Morgan fingerprint density at radius 2 is 2.00 bits per heavy atom. The van der Waals surface area contributed by atoms with Crippen molar-refractivity contribution < 1.29 is 18.1 Å². The average molecular weight is 392 g/mol. The lowest BCUT2D eigenvalue weighted by Gasteiger charge is -2.02. The Morgan fingerprint density at radius 1 is 1.26 bits per heavy atom. The molecule has 3 aromatic rings. The molecular formula is C18H18F2N4O2S. The van der Waals surface area contributed by atoms with Crippen LogP contribution in [0.15, 0.2) is 28.1 Å². The Balaban J connectivity index is 1.53. The minimum Gasteiger partial charge on any atom is -0.339 e. The van der Waals surface area contributed by atoms with E-state index in [0.717, 1.165) is 23.5 Å². The summed E-state index contributed by atoms with van der Waals surface area (Å²) >= 11 is 1.11. The van der Waals surface area contributed by atoms with Crippen LogP contribution in [0.5, 0.6) is 0 Å². The summed E-state index contributed by atoms with van der Waals surface area (Å²) in [4.78, 5) is 20.4. The summed E-state index contributed by atoms with van der Waals surface area (Å²) in [5, 5.41) is 8.30. The molecule has 0 radical (unpaired) electrons. The number of anilines is 1. The van der Waals surface area contributed by atoms with Crippen LogP contribution in [-0.4, -0.2) is 21.0 Å². The fraction of sp³-hybridized carbons (Fsp3) is 0.333. The van der Waals surface area contributed by atoms with Crippen molar-refractivity contribution in [1.82, 2.24) is 15.1 Å². The summed E-state index contributed by atoms with van der Waals surface area (Å²) in [7, 11) is 0. The molecule has 0 saturated carbocycles. The van der Waals surface area contributed by atoms with Crippen molar-refractivity contribution >= 4 is 22.4 Å². The molecule has 1 N–H and O–H groups in total. The maximum absolute atomic E-state index is 13.8. The number of halogens is 2. The minimum absolute atomic E-state index is 0.151. The first-order valence-corrected chi connectivity index (χ1v) is 9.34. The molecule has 0 aliphatic carbocycles. The quantitative estimate of drug-likeness (QED) is 0.638. The van der Waals surface area contributed by atoms with E-state index >= 15 is 0 Å². The van der Waals surface area contributed by atoms with Crippen LogP contribution in [0.1, 0.15) is 44.3 Å². The Bertz CT molecular complexity index is 919. The van der Waals surface area contributed by atoms with Gasteiger partial charge in [-0.25, -0.2) is 13.8 Å². The molecule has 0 atom stereocenters. The van der Waals surface area contributed by atoms with E-state index in [0.29, 0.717) is 24.6 Å². The molecule has 0 unspecified atom stereocenters. The predicted molar refractivity (Wildman–Crippen MR) is 97.4 cm³/mol. The van der Waals surface area contributed by atoms with Crippen LogP contribution >= 0.6 is 11.3 Å². The highest BCUT2D eigenvalue weighted by atomic mass is 32.1. The van der Waals surface area contributed by atoms with Crippen LogP contribution in [0.3, 0.4) is 0 Å². The van der Waals surface area contributed by atoms with Gasteiger partial charge in [-0.1, -0.05) is 25.1 Å². The molecule has 0 aliphatic heterocycles. The number of benzene rings is 1. The van der Waals surface area contributed by atoms with Gasteiger partial charge < -0.3 is 9.84 Å². The van der Waals surface area contributed by atoms with Crippen molar-refractivity contribution in [3.05, 3.63) is 46.9 Å². The maximum Gasteiger partial charge on any atom is 0.226 e. The summed E-state index contributed by atoms with van der Waals surface area (Å²) < 4.78 is 32.7. The Hall–Kier alpha value is -2.68. The third-order valence-corrected chi connectivity index (χ3v) is 4.52. The van der Waals surface area contributed by atoms with Crippen molar-refractivity contribution in [2.24, 2.45) is 0 Å². The van der Waals surface area contributed by atoms with E-state index in [1.54, 1.807) is 0 Å². The van der Waals surface area contributed by atoms with Crippen LogP contribution in [0.25, 0.3) is 11.3 Å². The second kappa shape index (κ2) is 8.34. The fourth-order valence-corrected chi connectivity index (χ4v) is 3.09. The molecule has 0 fully saturated rings. The number of aromatic nitrogens is 3. The lowest BCUT2D eigenvalue weighted by Crippen LogP contribution is -2.11. The Morgan fingerprint density at radius 3 is 2.67 bits per heavy atom. The van der Waals surface area contributed by atoms with Gasteiger partial charge >= 0.3 is 0 Å². The number of carbonyl (C=O) groups is 1. The number of nitrogens with one attached hydrogen (secondary N) is 1. The van der Waals surface area contributed by atoms with Crippen molar-refractivity contribution in [3.8, 4) is 11.3 Å². The molecule has 1 aromatic carbocycles. The first kappa shape index (κ1) is 19.1. The number of hydrogen-bond acceptors (Lipinski definition) is 6. The summed E-state index contributed by atoms with van der Waals surface area (Å²) in [6.07, 6.45) is 1.27. The molecule has 27 heavy (non-hydrogen) atoms. The number of rotatable bonds is 7. The highest BCUT2D eigenvalue weighted by molar-refractivity contribution is 7.14. The van der Waals surface area contributed by atoms with E-state index in [1.807, 2.05) is 13.8 Å². The average Bonchev–Trinajstić information content (AvgIpc) is 3.25. The van der Waals surface area contributed by atoms with Gasteiger partial charge in [0.1, 0.15) is 11.6 Å². The van der Waals surface area contributed by atoms with Crippen LogP contribution in [0.2, 0.25) is 0 Å². The highest BCUT2D eigenvalue weighted by Crippen LogP contribution is 2.29. The largest absolute Gasteiger partial charge is 0.339 e. The van der Waals surface area contributed by atoms with Crippen molar-refractivity contribution in [2.75, 3.05) is 5.32 Å². The predicted octanol–water partition coefficient (Wildman–Crippen LogP) is 4.56. The molecule has 0 aliphatic rings. The van der Waals surface area contributed by atoms with Gasteiger partial charge in [0.25, 0.3) is 0 Å². The number of nitrogens with zero attached hydrogens (tertiary/aromatic N) is 3. The number of hydrogen-bond donors (Lipinski definition) is 1. The lowest BCUT2D eigenvalue weighted by molar-refractivity contribution is -0.116. The van der Waals surface area contributed by atoms with E-state index < -0.39 is 11.6 Å². The van der Waals surface area contributed by atoms with Gasteiger partial charge in [-0.3, -0.25) is 4.79 Å². The van der Waals surface area contributed by atoms with Crippen molar-refractivity contribution in [2.45, 2.75) is 39.0 Å². The molecule has 6 nitrogen and oxygen atoms in total. The van der Waals surface area contributed by atoms with Crippen LogP contribution < -0.4 is 5.32 Å². The third-order valence-electron chi connectivity index (χ3n) is 3.76. The monoisotopic (exact) mass is 392 g/mol. The summed E-state index contributed by atoms with van der Waals surface area (Å²) in [6.45, 7) is 3.94. The van der Waals surface area contributed by atoms with Crippen LogP contribution in [0.4, 0.5) is 13.9 Å². The van der Waals surface area contributed by atoms with Gasteiger partial charge in [-0.05, 0) is 18.6 Å². The van der Waals surface area contributed by atoms with Crippen molar-refractivity contribution in [3.63, 3.8) is 0 Å². The van der Waals surface area contributed by atoms with Crippen molar-refractivity contribution in [1.29, 1.82) is 0 Å². The molecule has 0 bridgehead atoms. The first-order chi connectivity index (χ1) is 12.9. The van der Waals surface area contributed by atoms with E-state index in [2.05, 4.69) is 20.4 Å². The van der Waals surface area contributed by atoms with Gasteiger partial charge in [0.2, 0.25) is 11.8 Å². The topological polar surface area (TPSA) is 80.9 Å². The standard InChI is InChI=1S/C18H18F2N4O2S/c1-10(2)17-23-15(26-24-17)8-4-7-14(25)22-18-21-13(9-27-18)16-11(19)5-3-6-12(16)20/h3,5-6,9-10H,4,7-8H2,1-2H3,(H,21,22,25). The van der Waals surface area contributed by atoms with E-state index in [4.69, 9.17) is 4.52 Å². The molecule has 0 saturated heterocycles. The van der Waals surface area contributed by atoms with Gasteiger partial charge in [0, 0.05) is 24.1 Å². The second-order valence-electron chi connectivity index (χ2n) is 6.24. The molecule has 3 rings (SSSR count). The van der Waals surface area contributed by atoms with E-state index in [-0.39, 0.29) is 34.6 Å².